The summed E-state index contributed by atoms with van der Waals surface area (Å²) in [5.41, 5.74) is 1.91. The van der Waals surface area contributed by atoms with E-state index in [9.17, 15) is 5.21 Å². The summed E-state index contributed by atoms with van der Waals surface area (Å²) in [6.45, 7) is 5.51. The molecule has 0 saturated carbocycles. The highest BCUT2D eigenvalue weighted by Crippen LogP contribution is 2.28. The van der Waals surface area contributed by atoms with Crippen LogP contribution in [0.4, 0.5) is 5.69 Å². The first-order chi connectivity index (χ1) is 6.92. The Morgan fingerprint density at radius 1 is 1.40 bits per heavy atom. The van der Waals surface area contributed by atoms with E-state index in [4.69, 9.17) is 11.6 Å². The highest BCUT2D eigenvalue weighted by atomic mass is 35.5. The fourth-order valence-electron chi connectivity index (χ4n) is 1.83. The number of nitrogens with zero attached hydrogens (tertiary/aromatic N) is 1. The Bertz CT molecular complexity index is 452. The molecule has 0 aliphatic carbocycles. The maximum absolute atomic E-state index is 11.9. The Labute approximate surface area is 94.0 Å². The molecule has 0 spiro atoms. The number of hydrogen-bond donors (Lipinski definition) is 1. The SMILES string of the molecule is CC1=[N+]([O-])C(C)(C)Nc2ccc(Cl)cc21. The first kappa shape index (κ1) is 10.3. The minimum atomic E-state index is -0.606. The van der Waals surface area contributed by atoms with Gasteiger partial charge in [0.1, 0.15) is 0 Å². The number of hydrogen-bond acceptors (Lipinski definition) is 2. The van der Waals surface area contributed by atoms with Gasteiger partial charge in [-0.15, -0.1) is 0 Å². The molecular formula is C11H13ClN2O. The number of nitrogens with one attached hydrogen (secondary N) is 1. The first-order valence-corrected chi connectivity index (χ1v) is 5.18. The number of anilines is 1. The van der Waals surface area contributed by atoms with Crippen LogP contribution in [0, 0.1) is 5.21 Å². The molecule has 0 unspecified atom stereocenters. The highest BCUT2D eigenvalue weighted by molar-refractivity contribution is 6.31. The predicted octanol–water partition coefficient (Wildman–Crippen LogP) is 2.82. The lowest BCUT2D eigenvalue weighted by Gasteiger charge is -2.32. The normalized spacial score (nSPS) is 18.4. The van der Waals surface area contributed by atoms with Gasteiger partial charge >= 0.3 is 0 Å². The molecule has 1 aliphatic rings. The van der Waals surface area contributed by atoms with E-state index in [1.807, 2.05) is 32.9 Å². The molecule has 0 radical (unpaired) electrons. The average Bonchev–Trinajstić information content (AvgIpc) is 2.16. The molecule has 3 nitrogen and oxygen atoms in total. The van der Waals surface area contributed by atoms with Crippen molar-refractivity contribution in [3.8, 4) is 0 Å². The van der Waals surface area contributed by atoms with E-state index in [0.29, 0.717) is 10.7 Å². The monoisotopic (exact) mass is 224 g/mol. The van der Waals surface area contributed by atoms with E-state index in [0.717, 1.165) is 16.0 Å². The van der Waals surface area contributed by atoms with Gasteiger partial charge in [0.05, 0.1) is 11.3 Å². The summed E-state index contributed by atoms with van der Waals surface area (Å²) in [4.78, 5) is 0. The predicted molar refractivity (Wildman–Crippen MR) is 62.6 cm³/mol. The fourth-order valence-corrected chi connectivity index (χ4v) is 2.01. The van der Waals surface area contributed by atoms with Crippen molar-refractivity contribution in [2.75, 3.05) is 5.32 Å². The fraction of sp³-hybridized carbons (Fsp3) is 0.364. The number of fused-ring (bicyclic) bond motifs is 1. The van der Waals surface area contributed by atoms with E-state index in [2.05, 4.69) is 5.32 Å². The number of halogens is 1. The summed E-state index contributed by atoms with van der Waals surface area (Å²) in [6.07, 6.45) is 0. The van der Waals surface area contributed by atoms with Crippen molar-refractivity contribution in [3.63, 3.8) is 0 Å². The lowest BCUT2D eigenvalue weighted by atomic mass is 10.0. The quantitative estimate of drug-likeness (QED) is 0.544. The zero-order chi connectivity index (χ0) is 11.2. The van der Waals surface area contributed by atoms with Gasteiger partial charge in [0.15, 0.2) is 5.71 Å². The summed E-state index contributed by atoms with van der Waals surface area (Å²) in [7, 11) is 0. The van der Waals surface area contributed by atoms with Crippen LogP contribution in [0.15, 0.2) is 18.2 Å². The van der Waals surface area contributed by atoms with Crippen LogP contribution in [0.25, 0.3) is 0 Å². The van der Waals surface area contributed by atoms with Crippen molar-refractivity contribution in [2.24, 2.45) is 0 Å². The van der Waals surface area contributed by atoms with Gasteiger partial charge in [-0.3, -0.25) is 0 Å². The largest absolute Gasteiger partial charge is 0.622 e. The first-order valence-electron chi connectivity index (χ1n) is 4.81. The third kappa shape index (κ3) is 1.57. The van der Waals surface area contributed by atoms with Crippen LogP contribution in [-0.2, 0) is 0 Å². The van der Waals surface area contributed by atoms with Crippen molar-refractivity contribution in [3.05, 3.63) is 34.0 Å². The molecule has 1 N–H and O–H groups in total. The Morgan fingerprint density at radius 2 is 2.07 bits per heavy atom. The van der Waals surface area contributed by atoms with Crippen LogP contribution in [0.3, 0.4) is 0 Å². The van der Waals surface area contributed by atoms with Gasteiger partial charge in [-0.25, -0.2) is 0 Å². The van der Waals surface area contributed by atoms with E-state index in [1.165, 1.54) is 0 Å². The second-order valence-corrected chi connectivity index (χ2v) is 4.69. The molecule has 1 heterocycles. The van der Waals surface area contributed by atoms with Crippen LogP contribution in [0.2, 0.25) is 5.02 Å². The molecule has 0 atom stereocenters. The van der Waals surface area contributed by atoms with Crippen LogP contribution >= 0.6 is 11.6 Å². The zero-order valence-corrected chi connectivity index (χ0v) is 9.72. The average molecular weight is 225 g/mol. The minimum absolute atomic E-state index is 0.606. The number of benzene rings is 1. The molecule has 0 amide bonds. The van der Waals surface area contributed by atoms with Gasteiger partial charge in [-0.1, -0.05) is 11.6 Å². The number of hydroxylamine groups is 1. The molecule has 1 aliphatic heterocycles. The Kier molecular flexibility index (Phi) is 2.15. The topological polar surface area (TPSA) is 38.1 Å². The van der Waals surface area contributed by atoms with Crippen LogP contribution < -0.4 is 5.32 Å². The van der Waals surface area contributed by atoms with E-state index in [1.54, 1.807) is 6.07 Å². The Balaban J connectivity index is 2.65. The molecule has 1 aromatic rings. The maximum Gasteiger partial charge on any atom is 0.240 e. The summed E-state index contributed by atoms with van der Waals surface area (Å²) < 4.78 is 0.978. The summed E-state index contributed by atoms with van der Waals surface area (Å²) in [6, 6.07) is 5.52. The summed E-state index contributed by atoms with van der Waals surface area (Å²) in [5.74, 6) is 0. The molecule has 0 fully saturated rings. The minimum Gasteiger partial charge on any atom is -0.622 e. The summed E-state index contributed by atoms with van der Waals surface area (Å²) in [5, 5.41) is 15.7. The standard InChI is InChI=1S/C11H13ClN2O/c1-7-9-6-8(12)4-5-10(9)13-11(2,3)14(7)15/h4-6,13H,1-3H3. The maximum atomic E-state index is 11.9. The van der Waals surface area contributed by atoms with E-state index < -0.39 is 5.66 Å². The van der Waals surface area contributed by atoms with Gasteiger partial charge in [-0.05, 0) is 18.2 Å². The second-order valence-electron chi connectivity index (χ2n) is 4.25. The molecule has 0 aromatic heterocycles. The van der Waals surface area contributed by atoms with Crippen molar-refractivity contribution in [2.45, 2.75) is 26.4 Å². The van der Waals surface area contributed by atoms with Crippen molar-refractivity contribution < 1.29 is 4.74 Å². The van der Waals surface area contributed by atoms with Gasteiger partial charge in [0, 0.05) is 25.8 Å². The van der Waals surface area contributed by atoms with Gasteiger partial charge in [-0.2, -0.15) is 4.74 Å². The lowest BCUT2D eigenvalue weighted by molar-refractivity contribution is -0.533. The van der Waals surface area contributed by atoms with Crippen LogP contribution in [0.1, 0.15) is 26.3 Å². The second kappa shape index (κ2) is 3.14. The Hall–Kier alpha value is -1.22. The molecule has 0 bridgehead atoms. The zero-order valence-electron chi connectivity index (χ0n) is 8.97. The van der Waals surface area contributed by atoms with Crippen LogP contribution in [0.5, 0.6) is 0 Å². The van der Waals surface area contributed by atoms with Crippen molar-refractivity contribution in [1.29, 1.82) is 0 Å². The molecular weight excluding hydrogens is 212 g/mol. The Morgan fingerprint density at radius 3 is 2.73 bits per heavy atom. The smallest absolute Gasteiger partial charge is 0.240 e. The van der Waals surface area contributed by atoms with Crippen molar-refractivity contribution in [1.82, 2.24) is 0 Å². The van der Waals surface area contributed by atoms with Crippen LogP contribution in [-0.4, -0.2) is 16.1 Å². The highest BCUT2D eigenvalue weighted by Gasteiger charge is 2.34. The van der Waals surface area contributed by atoms with Crippen molar-refractivity contribution >= 4 is 23.0 Å². The number of rotatable bonds is 0. The van der Waals surface area contributed by atoms with Gasteiger partial charge in [0.25, 0.3) is 0 Å². The molecule has 80 valence electrons. The molecule has 1 aromatic carbocycles. The molecule has 15 heavy (non-hydrogen) atoms. The van der Waals surface area contributed by atoms with Gasteiger partial charge < -0.3 is 10.5 Å². The van der Waals surface area contributed by atoms with Gasteiger partial charge in [0.2, 0.25) is 5.66 Å². The molecule has 2 rings (SSSR count). The molecule has 4 heteroatoms. The van der Waals surface area contributed by atoms with E-state index in [-0.39, 0.29) is 0 Å². The third-order valence-corrected chi connectivity index (χ3v) is 2.86. The third-order valence-electron chi connectivity index (χ3n) is 2.62. The van der Waals surface area contributed by atoms with E-state index >= 15 is 0 Å². The lowest BCUT2D eigenvalue weighted by Crippen LogP contribution is -2.46. The summed E-state index contributed by atoms with van der Waals surface area (Å²) >= 11 is 5.90. The molecule has 0 saturated heterocycles.